The Morgan fingerprint density at radius 3 is 2.48 bits per heavy atom. The van der Waals surface area contributed by atoms with E-state index >= 15 is 0 Å². The lowest BCUT2D eigenvalue weighted by Crippen LogP contribution is -2.55. The van der Waals surface area contributed by atoms with E-state index in [2.05, 4.69) is 61.2 Å². The van der Waals surface area contributed by atoms with Crippen molar-refractivity contribution in [1.82, 2.24) is 0 Å². The number of aliphatic hydroxyl groups is 2. The summed E-state index contributed by atoms with van der Waals surface area (Å²) in [6.07, 6.45) is 14.4. The summed E-state index contributed by atoms with van der Waals surface area (Å²) in [6, 6.07) is 6.27. The standard InChI is InChI=1S/C24H32NO2/c1-23-10-8-17(26)14-16(23)15-20(27)22-18-6-7-21(25-12-4-3-5-13-25)24(18,2)11-9-19(22)23/h3-5,7,12-13,15,17-20,22,26-27H,6,8-11,14H2,1-2H3/q+1/t17-,18-,19-,20+,22-,23-,24-/m0/s1. The van der Waals surface area contributed by atoms with E-state index in [4.69, 9.17) is 0 Å². The van der Waals surface area contributed by atoms with Crippen LogP contribution < -0.4 is 4.57 Å². The van der Waals surface area contributed by atoms with Crippen LogP contribution in [0.3, 0.4) is 0 Å². The van der Waals surface area contributed by atoms with E-state index in [-0.39, 0.29) is 23.0 Å². The number of fused-ring (bicyclic) bond motifs is 5. The van der Waals surface area contributed by atoms with Gasteiger partial charge in [0.2, 0.25) is 0 Å². The van der Waals surface area contributed by atoms with Crippen molar-refractivity contribution in [2.75, 3.05) is 0 Å². The summed E-state index contributed by atoms with van der Waals surface area (Å²) in [7, 11) is 0. The Labute approximate surface area is 162 Å². The van der Waals surface area contributed by atoms with Crippen LogP contribution in [-0.4, -0.2) is 22.4 Å². The molecule has 0 amide bonds. The molecule has 3 nitrogen and oxygen atoms in total. The van der Waals surface area contributed by atoms with Crippen LogP contribution in [-0.2, 0) is 0 Å². The maximum atomic E-state index is 11.2. The third-order valence-corrected chi connectivity index (χ3v) is 8.64. The summed E-state index contributed by atoms with van der Waals surface area (Å²) in [6.45, 7) is 4.83. The normalized spacial score (nSPS) is 46.0. The van der Waals surface area contributed by atoms with Crippen LogP contribution >= 0.6 is 0 Å². The molecule has 144 valence electrons. The fraction of sp³-hybridized carbons (Fsp3) is 0.625. The van der Waals surface area contributed by atoms with Gasteiger partial charge in [0.05, 0.1) is 17.6 Å². The predicted octanol–water partition coefficient (Wildman–Crippen LogP) is 3.72. The molecule has 4 aliphatic rings. The van der Waals surface area contributed by atoms with Gasteiger partial charge in [0.1, 0.15) is 0 Å². The molecule has 2 fully saturated rings. The van der Waals surface area contributed by atoms with Gasteiger partial charge in [-0.25, -0.2) is 0 Å². The molecule has 0 saturated heterocycles. The molecule has 1 aromatic heterocycles. The second-order valence-corrected chi connectivity index (χ2v) is 9.85. The summed E-state index contributed by atoms with van der Waals surface area (Å²) in [5.41, 5.74) is 3.02. The Bertz CT molecular complexity index is 800. The molecule has 7 atom stereocenters. The van der Waals surface area contributed by atoms with E-state index in [1.54, 1.807) is 0 Å². The van der Waals surface area contributed by atoms with Crippen molar-refractivity contribution < 1.29 is 14.8 Å². The minimum Gasteiger partial charge on any atom is -0.393 e. The zero-order chi connectivity index (χ0) is 18.8. The highest BCUT2D eigenvalue weighted by Gasteiger charge is 2.61. The first-order chi connectivity index (χ1) is 12.9. The van der Waals surface area contributed by atoms with Crippen molar-refractivity contribution in [2.45, 2.75) is 64.6 Å². The first-order valence-electron chi connectivity index (χ1n) is 10.7. The van der Waals surface area contributed by atoms with Gasteiger partial charge in [-0.1, -0.05) is 24.6 Å². The van der Waals surface area contributed by atoms with Gasteiger partial charge in [-0.15, -0.1) is 0 Å². The summed E-state index contributed by atoms with van der Waals surface area (Å²) in [5, 5.41) is 21.3. The summed E-state index contributed by atoms with van der Waals surface area (Å²) >= 11 is 0. The van der Waals surface area contributed by atoms with Crippen molar-refractivity contribution in [3.8, 4) is 0 Å². The Balaban J connectivity index is 1.52. The van der Waals surface area contributed by atoms with E-state index < -0.39 is 0 Å². The van der Waals surface area contributed by atoms with Gasteiger partial charge >= 0.3 is 0 Å². The Morgan fingerprint density at radius 1 is 0.963 bits per heavy atom. The highest BCUT2D eigenvalue weighted by atomic mass is 16.3. The number of aliphatic hydroxyl groups excluding tert-OH is 2. The topological polar surface area (TPSA) is 44.3 Å². The number of hydrogen-bond donors (Lipinski definition) is 2. The number of hydrogen-bond acceptors (Lipinski definition) is 2. The molecule has 4 aliphatic carbocycles. The molecule has 0 aliphatic heterocycles. The smallest absolute Gasteiger partial charge is 0.189 e. The van der Waals surface area contributed by atoms with Gasteiger partial charge in [-0.3, -0.25) is 0 Å². The minimum atomic E-state index is -0.374. The number of pyridine rings is 1. The Morgan fingerprint density at radius 2 is 1.70 bits per heavy atom. The maximum Gasteiger partial charge on any atom is 0.189 e. The quantitative estimate of drug-likeness (QED) is 0.588. The third-order valence-electron chi connectivity index (χ3n) is 8.64. The largest absolute Gasteiger partial charge is 0.393 e. The van der Waals surface area contributed by atoms with Crippen LogP contribution in [0.5, 0.6) is 0 Å². The lowest BCUT2D eigenvalue weighted by Gasteiger charge is -2.58. The average molecular weight is 367 g/mol. The molecular formula is C24H32NO2+. The Kier molecular flexibility index (Phi) is 3.93. The molecule has 0 unspecified atom stereocenters. The van der Waals surface area contributed by atoms with E-state index in [1.165, 1.54) is 24.1 Å². The second kappa shape index (κ2) is 6.02. The number of aromatic nitrogens is 1. The van der Waals surface area contributed by atoms with E-state index in [1.807, 2.05) is 0 Å². The van der Waals surface area contributed by atoms with Crippen LogP contribution in [0.4, 0.5) is 0 Å². The molecule has 0 spiro atoms. The van der Waals surface area contributed by atoms with Gasteiger partial charge in [0, 0.05) is 12.1 Å². The molecule has 0 aromatic carbocycles. The maximum absolute atomic E-state index is 11.2. The minimum absolute atomic E-state index is 0.129. The number of allylic oxidation sites excluding steroid dienone is 2. The molecule has 2 N–H and O–H groups in total. The zero-order valence-corrected chi connectivity index (χ0v) is 16.5. The molecular weight excluding hydrogens is 334 g/mol. The lowest BCUT2D eigenvalue weighted by molar-refractivity contribution is -0.590. The molecule has 0 bridgehead atoms. The van der Waals surface area contributed by atoms with Crippen molar-refractivity contribution in [3.63, 3.8) is 0 Å². The fourth-order valence-electron chi connectivity index (χ4n) is 7.14. The average Bonchev–Trinajstić information content (AvgIpc) is 3.01. The van der Waals surface area contributed by atoms with E-state index in [0.717, 1.165) is 25.7 Å². The first kappa shape index (κ1) is 17.6. The molecule has 0 radical (unpaired) electrons. The molecule has 1 heterocycles. The lowest BCUT2D eigenvalue weighted by atomic mass is 9.47. The fourth-order valence-corrected chi connectivity index (χ4v) is 7.14. The number of rotatable bonds is 1. The molecule has 3 heteroatoms. The highest BCUT2D eigenvalue weighted by Crippen LogP contribution is 2.64. The van der Waals surface area contributed by atoms with Crippen molar-refractivity contribution in [2.24, 2.45) is 28.6 Å². The van der Waals surface area contributed by atoms with Crippen LogP contribution in [0.25, 0.3) is 5.70 Å². The van der Waals surface area contributed by atoms with E-state index in [9.17, 15) is 10.2 Å². The zero-order valence-electron chi connectivity index (χ0n) is 16.5. The highest BCUT2D eigenvalue weighted by molar-refractivity contribution is 5.48. The SMILES string of the molecule is C[C@]12CC[C@H](O)CC1=C[C@@H](O)[C@@H]1[C@@H]2CC[C@]2(C)C([n+]3ccccc3)=CC[C@@H]12. The van der Waals surface area contributed by atoms with E-state index in [0.29, 0.717) is 17.8 Å². The Hall–Kier alpha value is -1.45. The number of nitrogens with zero attached hydrogens (tertiary/aromatic N) is 1. The monoisotopic (exact) mass is 366 g/mol. The van der Waals surface area contributed by atoms with Crippen LogP contribution in [0.1, 0.15) is 52.4 Å². The summed E-state index contributed by atoms with van der Waals surface area (Å²) in [5.74, 6) is 1.35. The first-order valence-corrected chi connectivity index (χ1v) is 10.7. The van der Waals surface area contributed by atoms with Crippen LogP contribution in [0.2, 0.25) is 0 Å². The molecule has 27 heavy (non-hydrogen) atoms. The molecule has 5 rings (SSSR count). The van der Waals surface area contributed by atoms with Crippen molar-refractivity contribution in [3.05, 3.63) is 48.3 Å². The third kappa shape index (κ3) is 2.44. The van der Waals surface area contributed by atoms with Gasteiger partial charge in [-0.05, 0) is 74.7 Å². The predicted molar refractivity (Wildman–Crippen MR) is 105 cm³/mol. The van der Waals surface area contributed by atoms with Gasteiger partial charge in [0.15, 0.2) is 18.1 Å². The van der Waals surface area contributed by atoms with Crippen LogP contribution in [0.15, 0.2) is 48.3 Å². The second-order valence-electron chi connectivity index (χ2n) is 9.85. The van der Waals surface area contributed by atoms with Crippen molar-refractivity contribution in [1.29, 1.82) is 0 Å². The van der Waals surface area contributed by atoms with Gasteiger partial charge in [-0.2, -0.15) is 4.57 Å². The summed E-state index contributed by atoms with van der Waals surface area (Å²) < 4.78 is 2.29. The van der Waals surface area contributed by atoms with Crippen molar-refractivity contribution >= 4 is 5.70 Å². The summed E-state index contributed by atoms with van der Waals surface area (Å²) in [4.78, 5) is 0. The van der Waals surface area contributed by atoms with Crippen LogP contribution in [0, 0.1) is 28.6 Å². The molecule has 2 saturated carbocycles. The molecule has 1 aromatic rings. The van der Waals surface area contributed by atoms with Gasteiger partial charge in [0.25, 0.3) is 0 Å². The van der Waals surface area contributed by atoms with Gasteiger partial charge < -0.3 is 10.2 Å².